The van der Waals surface area contributed by atoms with Crippen LogP contribution in [0.15, 0.2) is 0 Å². The topological polar surface area (TPSA) is 116 Å². The smallest absolute Gasteiger partial charge is 0.239 e. The molecule has 0 aromatic heterocycles. The fourth-order valence-corrected chi connectivity index (χ4v) is 1.55. The van der Waals surface area contributed by atoms with Crippen LogP contribution in [-0.2, 0) is 19.2 Å². The molecular weight excluding hydrogens is 300 g/mol. The van der Waals surface area contributed by atoms with Crippen LogP contribution in [0.25, 0.3) is 0 Å². The van der Waals surface area contributed by atoms with Gasteiger partial charge in [0, 0.05) is 11.1 Å². The van der Waals surface area contributed by atoms with Crippen molar-refractivity contribution in [1.82, 2.24) is 21.3 Å². The van der Waals surface area contributed by atoms with E-state index in [0.717, 1.165) is 0 Å². The molecule has 0 unspecified atom stereocenters. The maximum atomic E-state index is 11.5. The Hall–Kier alpha value is -2.12. The number of amides is 4. The van der Waals surface area contributed by atoms with E-state index in [-0.39, 0.29) is 36.0 Å². The molecule has 0 aromatic rings. The third-order valence-corrected chi connectivity index (χ3v) is 2.24. The van der Waals surface area contributed by atoms with Crippen molar-refractivity contribution < 1.29 is 19.2 Å². The minimum absolute atomic E-state index is 0.201. The highest BCUT2D eigenvalue weighted by molar-refractivity contribution is 5.99. The van der Waals surface area contributed by atoms with Crippen LogP contribution < -0.4 is 21.3 Å². The molecule has 0 rings (SSSR count). The Labute approximate surface area is 137 Å². The Morgan fingerprint density at radius 1 is 0.609 bits per heavy atom. The lowest BCUT2D eigenvalue weighted by Crippen LogP contribution is -2.47. The lowest BCUT2D eigenvalue weighted by molar-refractivity contribution is -0.132. The zero-order valence-electron chi connectivity index (χ0n) is 14.8. The van der Waals surface area contributed by atoms with Crippen LogP contribution in [0.4, 0.5) is 0 Å². The van der Waals surface area contributed by atoms with Crippen LogP contribution >= 0.6 is 0 Å². The first-order valence-electron chi connectivity index (χ1n) is 7.44. The zero-order valence-corrected chi connectivity index (χ0v) is 14.8. The van der Waals surface area contributed by atoms with E-state index < -0.39 is 18.2 Å². The number of carbonyl (C=O) groups is 4. The Morgan fingerprint density at radius 3 is 1.17 bits per heavy atom. The van der Waals surface area contributed by atoms with Gasteiger partial charge in [-0.05, 0) is 41.5 Å². The Balaban J connectivity index is 4.01. The minimum atomic E-state index is -0.581. The highest BCUT2D eigenvalue weighted by Gasteiger charge is 2.17. The van der Waals surface area contributed by atoms with Crippen molar-refractivity contribution in [3.8, 4) is 0 Å². The average Bonchev–Trinajstić information content (AvgIpc) is 2.29. The SMILES string of the molecule is CC(C)(C)NC(=O)CNC(=O)CC(=O)NCC(=O)NC(C)(C)C. The largest absolute Gasteiger partial charge is 0.350 e. The summed E-state index contributed by atoms with van der Waals surface area (Å²) in [6, 6.07) is 0. The van der Waals surface area contributed by atoms with Crippen LogP contribution in [0.1, 0.15) is 48.0 Å². The van der Waals surface area contributed by atoms with E-state index in [1.54, 1.807) is 0 Å². The van der Waals surface area contributed by atoms with Gasteiger partial charge in [0.1, 0.15) is 6.42 Å². The summed E-state index contributed by atoms with van der Waals surface area (Å²) in [5, 5.41) is 10.1. The first-order chi connectivity index (χ1) is 10.3. The average molecular weight is 328 g/mol. The molecule has 0 spiro atoms. The molecule has 0 saturated carbocycles. The summed E-state index contributed by atoms with van der Waals surface area (Å²) in [4.78, 5) is 46.1. The third-order valence-electron chi connectivity index (χ3n) is 2.24. The van der Waals surface area contributed by atoms with E-state index in [2.05, 4.69) is 21.3 Å². The van der Waals surface area contributed by atoms with Gasteiger partial charge in [0.25, 0.3) is 0 Å². The Kier molecular flexibility index (Phi) is 7.71. The van der Waals surface area contributed by atoms with Crippen molar-refractivity contribution in [2.24, 2.45) is 0 Å². The van der Waals surface area contributed by atoms with Crippen LogP contribution in [0.2, 0.25) is 0 Å². The van der Waals surface area contributed by atoms with Gasteiger partial charge >= 0.3 is 0 Å². The number of nitrogens with one attached hydrogen (secondary N) is 4. The van der Waals surface area contributed by atoms with Gasteiger partial charge in [-0.1, -0.05) is 0 Å². The van der Waals surface area contributed by atoms with E-state index in [4.69, 9.17) is 0 Å². The van der Waals surface area contributed by atoms with Gasteiger partial charge in [-0.2, -0.15) is 0 Å². The molecule has 0 atom stereocenters. The van der Waals surface area contributed by atoms with Crippen molar-refractivity contribution in [3.05, 3.63) is 0 Å². The second-order valence-corrected chi connectivity index (χ2v) is 7.33. The van der Waals surface area contributed by atoms with Crippen LogP contribution in [0.3, 0.4) is 0 Å². The van der Waals surface area contributed by atoms with Crippen molar-refractivity contribution >= 4 is 23.6 Å². The quantitative estimate of drug-likeness (QED) is 0.489. The molecule has 0 aliphatic heterocycles. The Morgan fingerprint density at radius 2 is 0.913 bits per heavy atom. The standard InChI is InChI=1S/C15H28N4O4/c1-14(2,3)18-12(22)8-16-10(20)7-11(21)17-9-13(23)19-15(4,5)6/h7-9H2,1-6H3,(H,16,20)(H,17,21)(H,18,22)(H,19,23). The molecule has 0 bridgehead atoms. The van der Waals surface area contributed by atoms with Gasteiger partial charge in [0.15, 0.2) is 0 Å². The summed E-state index contributed by atoms with van der Waals surface area (Å²) in [5.41, 5.74) is -0.779. The first-order valence-corrected chi connectivity index (χ1v) is 7.44. The molecule has 132 valence electrons. The maximum absolute atomic E-state index is 11.5. The molecule has 0 radical (unpaired) electrons. The molecule has 23 heavy (non-hydrogen) atoms. The number of rotatable bonds is 6. The fourth-order valence-electron chi connectivity index (χ4n) is 1.55. The summed E-state index contributed by atoms with van der Waals surface area (Å²) in [6.07, 6.45) is -0.439. The van der Waals surface area contributed by atoms with Crippen molar-refractivity contribution in [2.45, 2.75) is 59.0 Å². The van der Waals surface area contributed by atoms with Gasteiger partial charge in [-0.3, -0.25) is 19.2 Å². The van der Waals surface area contributed by atoms with Gasteiger partial charge in [-0.25, -0.2) is 0 Å². The lowest BCUT2D eigenvalue weighted by atomic mass is 10.1. The van der Waals surface area contributed by atoms with Crippen molar-refractivity contribution in [2.75, 3.05) is 13.1 Å². The summed E-state index contributed by atoms with van der Waals surface area (Å²) < 4.78 is 0. The predicted octanol–water partition coefficient (Wildman–Crippen LogP) is -0.562. The second-order valence-electron chi connectivity index (χ2n) is 7.33. The van der Waals surface area contributed by atoms with Crippen LogP contribution in [0.5, 0.6) is 0 Å². The maximum Gasteiger partial charge on any atom is 0.239 e. The molecular formula is C15H28N4O4. The lowest BCUT2D eigenvalue weighted by Gasteiger charge is -2.20. The Bertz CT molecular complexity index is 419. The molecule has 4 amide bonds. The van der Waals surface area contributed by atoms with Gasteiger partial charge in [0.05, 0.1) is 13.1 Å². The monoisotopic (exact) mass is 328 g/mol. The van der Waals surface area contributed by atoms with Gasteiger partial charge < -0.3 is 21.3 Å². The summed E-state index contributed by atoms with van der Waals surface area (Å²) >= 11 is 0. The molecule has 0 aliphatic carbocycles. The summed E-state index contributed by atoms with van der Waals surface area (Å²) in [7, 11) is 0. The van der Waals surface area contributed by atoms with Crippen molar-refractivity contribution in [3.63, 3.8) is 0 Å². The van der Waals surface area contributed by atoms with Crippen molar-refractivity contribution in [1.29, 1.82) is 0 Å². The number of carbonyl (C=O) groups excluding carboxylic acids is 4. The second kappa shape index (κ2) is 8.50. The van der Waals surface area contributed by atoms with E-state index >= 15 is 0 Å². The van der Waals surface area contributed by atoms with Gasteiger partial charge in [0.2, 0.25) is 23.6 Å². The third kappa shape index (κ3) is 13.3. The van der Waals surface area contributed by atoms with E-state index in [9.17, 15) is 19.2 Å². The number of hydrogen-bond donors (Lipinski definition) is 4. The molecule has 0 saturated heterocycles. The predicted molar refractivity (Wildman–Crippen MR) is 86.4 cm³/mol. The molecule has 0 fully saturated rings. The summed E-state index contributed by atoms with van der Waals surface area (Å²) in [6.45, 7) is 10.5. The first kappa shape index (κ1) is 20.9. The van der Waals surface area contributed by atoms with E-state index in [0.29, 0.717) is 0 Å². The fraction of sp³-hybridized carbons (Fsp3) is 0.733. The van der Waals surface area contributed by atoms with Gasteiger partial charge in [-0.15, -0.1) is 0 Å². The van der Waals surface area contributed by atoms with Crippen LogP contribution in [-0.4, -0.2) is 47.8 Å². The highest BCUT2D eigenvalue weighted by atomic mass is 16.2. The summed E-state index contributed by atoms with van der Waals surface area (Å²) in [5.74, 6) is -1.84. The normalized spacial score (nSPS) is 11.4. The zero-order chi connectivity index (χ0) is 18.3. The van der Waals surface area contributed by atoms with E-state index in [1.807, 2.05) is 41.5 Å². The highest BCUT2D eigenvalue weighted by Crippen LogP contribution is 1.98. The molecule has 0 aliphatic rings. The molecule has 4 N–H and O–H groups in total. The van der Waals surface area contributed by atoms with Crippen LogP contribution in [0, 0.1) is 0 Å². The molecule has 0 heterocycles. The van der Waals surface area contributed by atoms with E-state index in [1.165, 1.54) is 0 Å². The molecule has 0 aromatic carbocycles. The number of hydrogen-bond acceptors (Lipinski definition) is 4. The molecule has 8 heteroatoms. The molecule has 8 nitrogen and oxygen atoms in total. The minimum Gasteiger partial charge on any atom is -0.350 e.